The molecule has 0 aliphatic carbocycles. The maximum absolute atomic E-state index is 6.81. The van der Waals surface area contributed by atoms with Crippen molar-refractivity contribution in [2.24, 2.45) is 0 Å². The molecule has 5 aromatic heterocycles. The van der Waals surface area contributed by atoms with Gasteiger partial charge in [-0.15, -0.1) is 11.3 Å². The molecule has 0 amide bonds. The highest BCUT2D eigenvalue weighted by molar-refractivity contribution is 7.25. The second kappa shape index (κ2) is 15.2. The minimum absolute atomic E-state index is 0.563. The van der Waals surface area contributed by atoms with Crippen LogP contribution in [-0.4, -0.2) is 19.5 Å². The Balaban J connectivity index is 0.902. The van der Waals surface area contributed by atoms with Crippen LogP contribution in [0.3, 0.4) is 0 Å². The molecule has 7 heteroatoms. The van der Waals surface area contributed by atoms with Crippen LogP contribution >= 0.6 is 11.3 Å². The normalized spacial score (nSPS) is 12.0. The Morgan fingerprint density at radius 3 is 1.79 bits per heavy atom. The van der Waals surface area contributed by atoms with E-state index in [1.54, 1.807) is 0 Å². The zero-order valence-corrected chi connectivity index (χ0v) is 38.1. The van der Waals surface area contributed by atoms with Crippen molar-refractivity contribution in [1.82, 2.24) is 19.5 Å². The van der Waals surface area contributed by atoms with Gasteiger partial charge < -0.3 is 13.4 Å². The van der Waals surface area contributed by atoms with Crippen molar-refractivity contribution in [2.45, 2.75) is 0 Å². The van der Waals surface area contributed by atoms with Crippen LogP contribution in [0.2, 0.25) is 0 Å². The van der Waals surface area contributed by atoms with Gasteiger partial charge in [0.1, 0.15) is 22.3 Å². The summed E-state index contributed by atoms with van der Waals surface area (Å²) in [6.07, 6.45) is 0. The van der Waals surface area contributed by atoms with Gasteiger partial charge in [-0.2, -0.15) is 0 Å². The Kier molecular flexibility index (Phi) is 8.43. The highest BCUT2D eigenvalue weighted by Crippen LogP contribution is 2.46. The van der Waals surface area contributed by atoms with Crippen LogP contribution in [0.25, 0.3) is 148 Å². The average molecular weight is 913 g/mol. The summed E-state index contributed by atoms with van der Waals surface area (Å²) in [6, 6.07) is 76.6. The van der Waals surface area contributed by atoms with Crippen LogP contribution in [0, 0.1) is 0 Å². The van der Waals surface area contributed by atoms with Crippen LogP contribution in [-0.2, 0) is 0 Å². The molecule has 0 radical (unpaired) electrons. The van der Waals surface area contributed by atoms with Gasteiger partial charge in [-0.3, -0.25) is 0 Å². The molecule has 0 unspecified atom stereocenters. The number of fused-ring (bicyclic) bond motifs is 12. The first kappa shape index (κ1) is 38.9. The predicted octanol–water partition coefficient (Wildman–Crippen LogP) is 17.5. The second-order valence-electron chi connectivity index (χ2n) is 17.9. The van der Waals surface area contributed by atoms with E-state index in [0.29, 0.717) is 17.5 Å². The highest BCUT2D eigenvalue weighted by atomic mass is 32.1. The zero-order chi connectivity index (χ0) is 45.9. The Morgan fingerprint density at radius 1 is 0.329 bits per heavy atom. The summed E-state index contributed by atoms with van der Waals surface area (Å²) in [4.78, 5) is 15.7. The number of benzene rings is 10. The first-order chi connectivity index (χ1) is 34.7. The Hall–Kier alpha value is -9.17. The van der Waals surface area contributed by atoms with Crippen molar-refractivity contribution < 1.29 is 8.83 Å². The lowest BCUT2D eigenvalue weighted by Gasteiger charge is -2.12. The third-order valence-corrected chi connectivity index (χ3v) is 15.0. The summed E-state index contributed by atoms with van der Waals surface area (Å²) in [6.45, 7) is 0. The van der Waals surface area contributed by atoms with Gasteiger partial charge in [0.05, 0.1) is 11.0 Å². The monoisotopic (exact) mass is 912 g/mol. The summed E-state index contributed by atoms with van der Waals surface area (Å²) in [5, 5.41) is 9.05. The lowest BCUT2D eigenvalue weighted by atomic mass is 9.93. The van der Waals surface area contributed by atoms with Crippen molar-refractivity contribution in [2.75, 3.05) is 0 Å². The van der Waals surface area contributed by atoms with Crippen molar-refractivity contribution in [3.63, 3.8) is 0 Å². The molecule has 0 spiro atoms. The molecule has 10 aromatic carbocycles. The highest BCUT2D eigenvalue weighted by Gasteiger charge is 2.22. The summed E-state index contributed by atoms with van der Waals surface area (Å²) >= 11 is 1.83. The summed E-state index contributed by atoms with van der Waals surface area (Å²) < 4.78 is 18.3. The van der Waals surface area contributed by atoms with Crippen LogP contribution < -0.4 is 0 Å². The zero-order valence-electron chi connectivity index (χ0n) is 37.3. The van der Waals surface area contributed by atoms with E-state index in [0.717, 1.165) is 99.5 Å². The average Bonchev–Trinajstić information content (AvgIpc) is 4.20. The number of hydrogen-bond donors (Lipinski definition) is 0. The molecule has 0 N–H and O–H groups in total. The molecule has 326 valence electrons. The van der Waals surface area contributed by atoms with E-state index in [-0.39, 0.29) is 0 Å². The number of para-hydroxylation sites is 3. The third kappa shape index (κ3) is 5.95. The Morgan fingerprint density at radius 2 is 0.943 bits per heavy atom. The largest absolute Gasteiger partial charge is 0.456 e. The second-order valence-corrected chi connectivity index (χ2v) is 18.9. The van der Waals surface area contributed by atoms with E-state index in [2.05, 4.69) is 174 Å². The SMILES string of the molecule is c1ccc(-c2nc(-c3cccc(-n4c5ccccc5c5ccccc54)c3)nc(-c3cccc4oc5ccc(-c6ccc(-c7ccc8c(c7)sc7ccccc78)c7oc8ccccc8c67)cc5c34)n2)cc1. The molecule has 0 atom stereocenters. The first-order valence-corrected chi connectivity index (χ1v) is 24.2. The standard InChI is InChI=1S/C63H36N4O2S/c1-2-14-37(15-3-1)61-64-62(40-16-12-17-41(34-40)67-51-23-8-4-18-44(51)45-19-5-9-24-52(45)67)66-63(65-61)49-22-13-26-55-58(49)50-35-38(29-33-54(50)68-55)42-31-32-43(60-59(42)48-21-6-10-25-53(48)69-60)39-28-30-47-46-20-7-11-27-56(46)70-57(47)36-39/h1-36H. The third-order valence-electron chi connectivity index (χ3n) is 13.9. The fourth-order valence-corrected chi connectivity index (χ4v) is 11.8. The molecule has 15 aromatic rings. The fraction of sp³-hybridized carbons (Fsp3) is 0. The van der Waals surface area contributed by atoms with Crippen LogP contribution in [0.1, 0.15) is 0 Å². The predicted molar refractivity (Wildman–Crippen MR) is 289 cm³/mol. The smallest absolute Gasteiger partial charge is 0.164 e. The van der Waals surface area contributed by atoms with Crippen molar-refractivity contribution >= 4 is 97.2 Å². The molecule has 15 rings (SSSR count). The quantitative estimate of drug-likeness (QED) is 0.166. The number of hydrogen-bond acceptors (Lipinski definition) is 6. The van der Waals surface area contributed by atoms with Crippen LogP contribution in [0.5, 0.6) is 0 Å². The van der Waals surface area contributed by atoms with E-state index in [4.69, 9.17) is 23.8 Å². The lowest BCUT2D eigenvalue weighted by molar-refractivity contribution is 0.669. The lowest BCUT2D eigenvalue weighted by Crippen LogP contribution is -2.01. The van der Waals surface area contributed by atoms with Gasteiger partial charge >= 0.3 is 0 Å². The summed E-state index contributed by atoms with van der Waals surface area (Å²) in [5.41, 5.74) is 13.5. The molecule has 0 fully saturated rings. The van der Waals surface area contributed by atoms with E-state index in [9.17, 15) is 0 Å². The van der Waals surface area contributed by atoms with Gasteiger partial charge in [-0.25, -0.2) is 15.0 Å². The van der Waals surface area contributed by atoms with Gasteiger partial charge in [0.25, 0.3) is 0 Å². The van der Waals surface area contributed by atoms with Gasteiger partial charge in [-0.05, 0) is 83.4 Å². The van der Waals surface area contributed by atoms with Gasteiger partial charge in [0, 0.05) is 80.4 Å². The van der Waals surface area contributed by atoms with Crippen LogP contribution in [0.15, 0.2) is 227 Å². The summed E-state index contributed by atoms with van der Waals surface area (Å²) in [7, 11) is 0. The van der Waals surface area contributed by atoms with Crippen LogP contribution in [0.4, 0.5) is 0 Å². The van der Waals surface area contributed by atoms with Crippen molar-refractivity contribution in [3.05, 3.63) is 218 Å². The fourth-order valence-electron chi connectivity index (χ4n) is 10.7. The maximum Gasteiger partial charge on any atom is 0.164 e. The van der Waals surface area contributed by atoms with Gasteiger partial charge in [0.15, 0.2) is 17.5 Å². The molecule has 0 bridgehead atoms. The summed E-state index contributed by atoms with van der Waals surface area (Å²) in [5.74, 6) is 1.74. The number of aromatic nitrogens is 4. The van der Waals surface area contributed by atoms with E-state index in [1.165, 1.54) is 30.9 Å². The number of nitrogens with zero attached hydrogens (tertiary/aromatic N) is 4. The molecule has 0 saturated heterocycles. The van der Waals surface area contributed by atoms with Crippen molar-refractivity contribution in [3.8, 4) is 62.1 Å². The number of thiophene rings is 1. The van der Waals surface area contributed by atoms with E-state index >= 15 is 0 Å². The molecule has 0 aliphatic rings. The van der Waals surface area contributed by atoms with E-state index < -0.39 is 0 Å². The molecule has 0 saturated carbocycles. The Labute approximate surface area is 404 Å². The number of furan rings is 2. The minimum Gasteiger partial charge on any atom is -0.456 e. The molecular formula is C63H36N4O2S. The van der Waals surface area contributed by atoms with Gasteiger partial charge in [-0.1, -0.05) is 152 Å². The minimum atomic E-state index is 0.563. The molecule has 5 heterocycles. The molecular weight excluding hydrogens is 877 g/mol. The molecule has 6 nitrogen and oxygen atoms in total. The molecule has 0 aliphatic heterocycles. The Bertz CT molecular complexity index is 4560. The topological polar surface area (TPSA) is 69.9 Å². The number of rotatable bonds is 6. The first-order valence-electron chi connectivity index (χ1n) is 23.4. The maximum atomic E-state index is 6.81. The van der Waals surface area contributed by atoms with E-state index in [1.807, 2.05) is 59.9 Å². The van der Waals surface area contributed by atoms with Gasteiger partial charge in [0.2, 0.25) is 0 Å². The molecule has 70 heavy (non-hydrogen) atoms. The van der Waals surface area contributed by atoms with Crippen molar-refractivity contribution in [1.29, 1.82) is 0 Å².